The number of anilines is 3. The van der Waals surface area contributed by atoms with E-state index >= 15 is 0 Å². The highest BCUT2D eigenvalue weighted by Gasteiger charge is 2.24. The molecule has 0 fully saturated rings. The minimum atomic E-state index is 0.0370. The third-order valence-electron chi connectivity index (χ3n) is 5.01. The van der Waals surface area contributed by atoms with Crippen LogP contribution in [-0.4, -0.2) is 24.0 Å². The van der Waals surface area contributed by atoms with Gasteiger partial charge in [-0.15, -0.1) is 0 Å². The predicted molar refractivity (Wildman–Crippen MR) is 110 cm³/mol. The summed E-state index contributed by atoms with van der Waals surface area (Å²) >= 11 is 0. The molecule has 4 rings (SSSR count). The van der Waals surface area contributed by atoms with Crippen molar-refractivity contribution in [1.82, 2.24) is 4.98 Å². The van der Waals surface area contributed by atoms with Crippen molar-refractivity contribution in [3.8, 4) is 0 Å². The predicted octanol–water partition coefficient (Wildman–Crippen LogP) is 4.83. The number of carbonyl (C=O) groups excluding carboxylic acids is 1. The SMILES string of the molecule is CCN(c1ccccc1)c1cc(C(=O)N2CCCc3ccccc32)ccn1. The molecule has 2 aromatic carbocycles. The van der Waals surface area contributed by atoms with Crippen LogP contribution in [0, 0.1) is 0 Å². The average molecular weight is 357 g/mol. The number of amides is 1. The smallest absolute Gasteiger partial charge is 0.258 e. The lowest BCUT2D eigenvalue weighted by atomic mass is 10.0. The Morgan fingerprint density at radius 3 is 2.67 bits per heavy atom. The summed E-state index contributed by atoms with van der Waals surface area (Å²) in [5.74, 6) is 0.828. The third kappa shape index (κ3) is 3.43. The first-order valence-electron chi connectivity index (χ1n) is 9.46. The molecular formula is C23H23N3O. The maximum atomic E-state index is 13.2. The first kappa shape index (κ1) is 17.3. The van der Waals surface area contributed by atoms with Gasteiger partial charge in [-0.05, 0) is 55.7 Å². The summed E-state index contributed by atoms with van der Waals surface area (Å²) in [7, 11) is 0. The van der Waals surface area contributed by atoms with E-state index in [0.29, 0.717) is 5.56 Å². The highest BCUT2D eigenvalue weighted by molar-refractivity contribution is 6.07. The average Bonchev–Trinajstić information content (AvgIpc) is 2.74. The number of nitrogens with zero attached hydrogens (tertiary/aromatic N) is 3. The van der Waals surface area contributed by atoms with Gasteiger partial charge in [0.1, 0.15) is 5.82 Å². The first-order valence-corrected chi connectivity index (χ1v) is 9.46. The van der Waals surface area contributed by atoms with Crippen LogP contribution in [0.5, 0.6) is 0 Å². The Hall–Kier alpha value is -3.14. The normalized spacial score (nSPS) is 13.1. The number of pyridine rings is 1. The zero-order valence-electron chi connectivity index (χ0n) is 15.5. The number of aryl methyl sites for hydroxylation is 1. The van der Waals surface area contributed by atoms with Crippen LogP contribution in [0.4, 0.5) is 17.2 Å². The van der Waals surface area contributed by atoms with Gasteiger partial charge in [-0.25, -0.2) is 4.98 Å². The number of benzene rings is 2. The molecule has 0 saturated carbocycles. The summed E-state index contributed by atoms with van der Waals surface area (Å²) in [4.78, 5) is 21.8. The maximum absolute atomic E-state index is 13.2. The number of carbonyl (C=O) groups is 1. The van der Waals surface area contributed by atoms with Gasteiger partial charge in [0.05, 0.1) is 0 Å². The molecule has 0 N–H and O–H groups in total. The molecule has 1 aromatic heterocycles. The Morgan fingerprint density at radius 2 is 1.85 bits per heavy atom. The monoisotopic (exact) mass is 357 g/mol. The topological polar surface area (TPSA) is 36.4 Å². The van der Waals surface area contributed by atoms with Gasteiger partial charge >= 0.3 is 0 Å². The van der Waals surface area contributed by atoms with E-state index in [1.165, 1.54) is 5.56 Å². The van der Waals surface area contributed by atoms with Crippen LogP contribution in [-0.2, 0) is 6.42 Å². The molecule has 0 saturated heterocycles. The molecule has 0 aliphatic carbocycles. The van der Waals surface area contributed by atoms with Crippen LogP contribution in [0.15, 0.2) is 72.9 Å². The summed E-state index contributed by atoms with van der Waals surface area (Å²) in [6.45, 7) is 3.62. The minimum absolute atomic E-state index is 0.0370. The van der Waals surface area contributed by atoms with Gasteiger partial charge in [0, 0.05) is 36.2 Å². The van der Waals surface area contributed by atoms with E-state index in [2.05, 4.69) is 35.0 Å². The number of rotatable bonds is 4. The quantitative estimate of drug-likeness (QED) is 0.671. The van der Waals surface area contributed by atoms with E-state index in [-0.39, 0.29) is 5.91 Å². The van der Waals surface area contributed by atoms with Crippen LogP contribution < -0.4 is 9.80 Å². The second-order valence-corrected chi connectivity index (χ2v) is 6.67. The Bertz CT molecular complexity index is 939. The molecule has 0 atom stereocenters. The Balaban J connectivity index is 1.66. The summed E-state index contributed by atoms with van der Waals surface area (Å²) in [6.07, 6.45) is 3.75. The van der Waals surface area contributed by atoms with E-state index in [1.54, 1.807) is 6.20 Å². The van der Waals surface area contributed by atoms with E-state index in [9.17, 15) is 4.79 Å². The Kier molecular flexibility index (Phi) is 4.88. The van der Waals surface area contributed by atoms with E-state index in [1.807, 2.05) is 53.4 Å². The molecule has 0 unspecified atom stereocenters. The van der Waals surface area contributed by atoms with Crippen molar-refractivity contribution < 1.29 is 4.79 Å². The van der Waals surface area contributed by atoms with Crippen molar-refractivity contribution in [1.29, 1.82) is 0 Å². The molecule has 2 heterocycles. The summed E-state index contributed by atoms with van der Waals surface area (Å²) < 4.78 is 0. The molecular weight excluding hydrogens is 334 g/mol. The van der Waals surface area contributed by atoms with Gasteiger partial charge in [-0.2, -0.15) is 0 Å². The highest BCUT2D eigenvalue weighted by Crippen LogP contribution is 2.29. The van der Waals surface area contributed by atoms with E-state index in [4.69, 9.17) is 0 Å². The summed E-state index contributed by atoms with van der Waals surface area (Å²) in [5.41, 5.74) is 4.01. The van der Waals surface area contributed by atoms with Gasteiger partial charge in [0.15, 0.2) is 0 Å². The molecule has 3 aromatic rings. The second kappa shape index (κ2) is 7.62. The molecule has 0 radical (unpaired) electrons. The lowest BCUT2D eigenvalue weighted by molar-refractivity contribution is 0.0985. The van der Waals surface area contributed by atoms with Crippen molar-refractivity contribution in [3.63, 3.8) is 0 Å². The summed E-state index contributed by atoms with van der Waals surface area (Å²) in [6, 6.07) is 22.0. The van der Waals surface area contributed by atoms with Crippen molar-refractivity contribution in [2.75, 3.05) is 22.9 Å². The Morgan fingerprint density at radius 1 is 1.07 bits per heavy atom. The molecule has 1 amide bonds. The third-order valence-corrected chi connectivity index (χ3v) is 5.01. The van der Waals surface area contributed by atoms with Crippen molar-refractivity contribution in [2.45, 2.75) is 19.8 Å². The standard InChI is InChI=1S/C23H23N3O/c1-2-25(20-11-4-3-5-12-20)22-17-19(14-15-24-22)23(27)26-16-8-10-18-9-6-7-13-21(18)26/h3-7,9,11-15,17H,2,8,10,16H2,1H3. The molecule has 4 nitrogen and oxygen atoms in total. The fourth-order valence-electron chi connectivity index (χ4n) is 3.68. The van der Waals surface area contributed by atoms with Gasteiger partial charge in [-0.1, -0.05) is 36.4 Å². The second-order valence-electron chi connectivity index (χ2n) is 6.67. The van der Waals surface area contributed by atoms with Crippen LogP contribution in [0.25, 0.3) is 0 Å². The zero-order valence-corrected chi connectivity index (χ0v) is 15.5. The largest absolute Gasteiger partial charge is 0.327 e. The molecule has 136 valence electrons. The molecule has 0 bridgehead atoms. The molecule has 1 aliphatic rings. The van der Waals surface area contributed by atoms with Crippen LogP contribution >= 0.6 is 0 Å². The number of aromatic nitrogens is 1. The van der Waals surface area contributed by atoms with Crippen molar-refractivity contribution >= 4 is 23.1 Å². The number of para-hydroxylation sites is 2. The van der Waals surface area contributed by atoms with Gasteiger partial charge in [-0.3, -0.25) is 4.79 Å². The molecule has 0 spiro atoms. The Labute approximate surface area is 160 Å². The highest BCUT2D eigenvalue weighted by atomic mass is 16.2. The molecule has 4 heteroatoms. The molecule has 27 heavy (non-hydrogen) atoms. The van der Waals surface area contributed by atoms with Crippen molar-refractivity contribution in [2.24, 2.45) is 0 Å². The van der Waals surface area contributed by atoms with Crippen molar-refractivity contribution in [3.05, 3.63) is 84.1 Å². The van der Waals surface area contributed by atoms with Gasteiger partial charge in [0.2, 0.25) is 0 Å². The van der Waals surface area contributed by atoms with E-state index in [0.717, 1.165) is 43.1 Å². The number of hydrogen-bond acceptors (Lipinski definition) is 3. The fraction of sp³-hybridized carbons (Fsp3) is 0.217. The molecule has 1 aliphatic heterocycles. The first-order chi connectivity index (χ1) is 13.3. The van der Waals surface area contributed by atoms with Crippen LogP contribution in [0.2, 0.25) is 0 Å². The van der Waals surface area contributed by atoms with E-state index < -0.39 is 0 Å². The van der Waals surface area contributed by atoms with Gasteiger partial charge in [0.25, 0.3) is 5.91 Å². The minimum Gasteiger partial charge on any atom is -0.327 e. The summed E-state index contributed by atoms with van der Waals surface area (Å²) in [5, 5.41) is 0. The fourth-order valence-corrected chi connectivity index (χ4v) is 3.68. The number of fused-ring (bicyclic) bond motifs is 1. The van der Waals surface area contributed by atoms with Crippen LogP contribution in [0.1, 0.15) is 29.3 Å². The zero-order chi connectivity index (χ0) is 18.6. The van der Waals surface area contributed by atoms with Gasteiger partial charge < -0.3 is 9.80 Å². The lowest BCUT2D eigenvalue weighted by Crippen LogP contribution is -2.35. The lowest BCUT2D eigenvalue weighted by Gasteiger charge is -2.30. The maximum Gasteiger partial charge on any atom is 0.258 e. The van der Waals surface area contributed by atoms with Crippen LogP contribution in [0.3, 0.4) is 0 Å². The number of hydrogen-bond donors (Lipinski definition) is 0.